The number of nitrogens with zero attached hydrogens (tertiary/aromatic N) is 4. The maximum Gasteiger partial charge on any atom is 0.153 e. The lowest BCUT2D eigenvalue weighted by molar-refractivity contribution is 0.402. The summed E-state index contributed by atoms with van der Waals surface area (Å²) < 4.78 is 42.4. The zero-order valence-corrected chi connectivity index (χ0v) is 17.0. The lowest BCUT2D eigenvalue weighted by Gasteiger charge is -2.37. The number of halogens is 3. The number of hydrogen-bond acceptors (Lipinski definition) is 6. The lowest BCUT2D eigenvalue weighted by Crippen LogP contribution is -2.46. The predicted molar refractivity (Wildman–Crippen MR) is 113 cm³/mol. The first-order valence-corrected chi connectivity index (χ1v) is 10.1. The Morgan fingerprint density at radius 1 is 1.03 bits per heavy atom. The van der Waals surface area contributed by atoms with Crippen LogP contribution in [0.25, 0.3) is 11.3 Å². The Balaban J connectivity index is 1.57. The summed E-state index contributed by atoms with van der Waals surface area (Å²) in [6, 6.07) is 4.63. The van der Waals surface area contributed by atoms with Crippen molar-refractivity contribution in [2.75, 3.05) is 23.3 Å². The van der Waals surface area contributed by atoms with E-state index in [1.54, 1.807) is 12.4 Å². The van der Waals surface area contributed by atoms with Gasteiger partial charge in [-0.05, 0) is 30.5 Å². The maximum atomic E-state index is 14.3. The average Bonchev–Trinajstić information content (AvgIpc) is 2.73. The second-order valence-electron chi connectivity index (χ2n) is 7.86. The number of hydrogen-bond donors (Lipinski definition) is 2. The van der Waals surface area contributed by atoms with E-state index in [0.29, 0.717) is 11.6 Å². The molecule has 0 bridgehead atoms. The van der Waals surface area contributed by atoms with Crippen molar-refractivity contribution in [1.82, 2.24) is 15.0 Å². The minimum atomic E-state index is -0.971. The van der Waals surface area contributed by atoms with Crippen LogP contribution < -0.4 is 16.0 Å². The summed E-state index contributed by atoms with van der Waals surface area (Å²) in [5, 5.41) is 3.25. The number of aromatic nitrogens is 3. The van der Waals surface area contributed by atoms with Crippen LogP contribution in [-0.2, 0) is 6.54 Å². The molecule has 2 atom stereocenters. The molecule has 0 aliphatic carbocycles. The second-order valence-corrected chi connectivity index (χ2v) is 7.86. The van der Waals surface area contributed by atoms with Crippen molar-refractivity contribution in [3.63, 3.8) is 0 Å². The van der Waals surface area contributed by atoms with Gasteiger partial charge < -0.3 is 16.0 Å². The molecule has 2 unspecified atom stereocenters. The summed E-state index contributed by atoms with van der Waals surface area (Å²) in [5.41, 5.74) is 7.43. The molecule has 4 rings (SSSR count). The Morgan fingerprint density at radius 3 is 2.55 bits per heavy atom. The molecule has 1 saturated heterocycles. The van der Waals surface area contributed by atoms with Gasteiger partial charge in [-0.1, -0.05) is 6.92 Å². The van der Waals surface area contributed by atoms with Gasteiger partial charge in [-0.3, -0.25) is 9.97 Å². The minimum absolute atomic E-state index is 0.0937. The first-order valence-electron chi connectivity index (χ1n) is 10.1. The molecule has 0 saturated carbocycles. The van der Waals surface area contributed by atoms with E-state index in [0.717, 1.165) is 49.3 Å². The van der Waals surface area contributed by atoms with Gasteiger partial charge >= 0.3 is 0 Å². The molecule has 3 N–H and O–H groups in total. The van der Waals surface area contributed by atoms with Gasteiger partial charge in [0.15, 0.2) is 11.6 Å². The van der Waals surface area contributed by atoms with Gasteiger partial charge in [0.2, 0.25) is 0 Å². The van der Waals surface area contributed by atoms with Crippen molar-refractivity contribution in [3.8, 4) is 11.3 Å². The van der Waals surface area contributed by atoms with Crippen molar-refractivity contribution in [3.05, 3.63) is 66.1 Å². The Bertz CT molecular complexity index is 1050. The molecular formula is C22H23F3N6. The summed E-state index contributed by atoms with van der Waals surface area (Å²) in [6.07, 6.45) is 6.06. The van der Waals surface area contributed by atoms with Crippen LogP contribution in [-0.4, -0.2) is 34.1 Å². The zero-order valence-electron chi connectivity index (χ0n) is 17.0. The molecule has 6 nitrogen and oxygen atoms in total. The normalized spacial score (nSPS) is 18.8. The van der Waals surface area contributed by atoms with Crippen molar-refractivity contribution < 1.29 is 13.2 Å². The summed E-state index contributed by atoms with van der Waals surface area (Å²) in [7, 11) is 0. The largest absolute Gasteiger partial charge is 0.376 e. The molecule has 0 radical (unpaired) electrons. The first-order chi connectivity index (χ1) is 14.9. The van der Waals surface area contributed by atoms with Gasteiger partial charge in [0.05, 0.1) is 47.8 Å². The molecule has 1 aliphatic rings. The first kappa shape index (κ1) is 21.0. The van der Waals surface area contributed by atoms with E-state index < -0.39 is 23.0 Å². The third-order valence-corrected chi connectivity index (χ3v) is 5.28. The topological polar surface area (TPSA) is 80.0 Å². The third-order valence-electron chi connectivity index (χ3n) is 5.28. The maximum absolute atomic E-state index is 14.3. The van der Waals surface area contributed by atoms with Crippen LogP contribution in [0.5, 0.6) is 0 Å². The number of pyridine rings is 3. The van der Waals surface area contributed by atoms with Gasteiger partial charge in [0.1, 0.15) is 11.5 Å². The summed E-state index contributed by atoms with van der Waals surface area (Å²) in [4.78, 5) is 14.0. The summed E-state index contributed by atoms with van der Waals surface area (Å²) >= 11 is 0. The fourth-order valence-electron chi connectivity index (χ4n) is 3.98. The van der Waals surface area contributed by atoms with Gasteiger partial charge in [0.25, 0.3) is 0 Å². The van der Waals surface area contributed by atoms with E-state index in [4.69, 9.17) is 5.73 Å². The third kappa shape index (κ3) is 4.61. The number of piperidine rings is 1. The van der Waals surface area contributed by atoms with E-state index in [9.17, 15) is 13.2 Å². The number of rotatable bonds is 5. The van der Waals surface area contributed by atoms with Gasteiger partial charge in [0, 0.05) is 25.3 Å². The quantitative estimate of drug-likeness (QED) is 0.645. The highest BCUT2D eigenvalue weighted by atomic mass is 19.1. The van der Waals surface area contributed by atoms with Crippen LogP contribution in [0.15, 0.2) is 43.0 Å². The molecule has 0 amide bonds. The number of nitrogens with two attached hydrogens (primary N) is 1. The monoisotopic (exact) mass is 428 g/mol. The smallest absolute Gasteiger partial charge is 0.153 e. The number of nitrogens with one attached hydrogen (secondary N) is 1. The highest BCUT2D eigenvalue weighted by Crippen LogP contribution is 2.30. The van der Waals surface area contributed by atoms with E-state index in [-0.39, 0.29) is 18.3 Å². The summed E-state index contributed by atoms with van der Waals surface area (Å²) in [6.45, 7) is 4.01. The molecule has 9 heteroatoms. The molecular weight excluding hydrogens is 405 g/mol. The van der Waals surface area contributed by atoms with Gasteiger partial charge in [-0.15, -0.1) is 0 Å². The Hall–Kier alpha value is -3.20. The van der Waals surface area contributed by atoms with Gasteiger partial charge in [-0.25, -0.2) is 18.2 Å². The number of anilines is 2. The van der Waals surface area contributed by atoms with E-state index in [1.807, 2.05) is 6.07 Å². The molecule has 4 heterocycles. The van der Waals surface area contributed by atoms with E-state index in [2.05, 4.69) is 32.1 Å². The van der Waals surface area contributed by atoms with Crippen molar-refractivity contribution >= 4 is 11.4 Å². The van der Waals surface area contributed by atoms with E-state index in [1.165, 1.54) is 6.07 Å². The van der Waals surface area contributed by atoms with Crippen LogP contribution in [0, 0.1) is 23.4 Å². The second kappa shape index (κ2) is 8.89. The van der Waals surface area contributed by atoms with Crippen molar-refractivity contribution in [2.45, 2.75) is 25.9 Å². The Kier molecular flexibility index (Phi) is 6.03. The van der Waals surface area contributed by atoms with Crippen LogP contribution in [0.1, 0.15) is 19.0 Å². The fourth-order valence-corrected chi connectivity index (χ4v) is 3.98. The minimum Gasteiger partial charge on any atom is -0.376 e. The van der Waals surface area contributed by atoms with Crippen LogP contribution in [0.3, 0.4) is 0 Å². The Labute approximate surface area is 178 Å². The Morgan fingerprint density at radius 2 is 1.81 bits per heavy atom. The van der Waals surface area contributed by atoms with Crippen molar-refractivity contribution in [2.24, 2.45) is 11.7 Å². The molecule has 3 aromatic rings. The molecule has 31 heavy (non-hydrogen) atoms. The molecule has 3 aromatic heterocycles. The highest BCUT2D eigenvalue weighted by Gasteiger charge is 2.24. The zero-order chi connectivity index (χ0) is 22.0. The SMILES string of the molecule is CC1CC(N)CN(c2ccncc2NCc2ccc(F)c(-c3c(F)cncc3F)n2)C1. The van der Waals surface area contributed by atoms with Crippen LogP contribution in [0.2, 0.25) is 0 Å². The standard InChI is InChI=1S/C22H23F3N6/c1-13-6-14(26)12-31(11-13)20-4-5-27-10-19(20)29-7-15-2-3-16(23)22(30-15)21-17(24)8-28-9-18(21)25/h2-5,8-10,13-14,29H,6-7,11-12,26H2,1H3. The van der Waals surface area contributed by atoms with Gasteiger partial charge in [-0.2, -0.15) is 0 Å². The van der Waals surface area contributed by atoms with E-state index >= 15 is 0 Å². The summed E-state index contributed by atoms with van der Waals surface area (Å²) in [5.74, 6) is -2.29. The predicted octanol–water partition coefficient (Wildman–Crippen LogP) is 3.74. The van der Waals surface area contributed by atoms with Crippen LogP contribution >= 0.6 is 0 Å². The molecule has 1 aliphatic heterocycles. The molecule has 162 valence electrons. The average molecular weight is 428 g/mol. The lowest BCUT2D eigenvalue weighted by atomic mass is 9.96. The van der Waals surface area contributed by atoms with Crippen LogP contribution in [0.4, 0.5) is 24.5 Å². The molecule has 0 aromatic carbocycles. The highest BCUT2D eigenvalue weighted by molar-refractivity contribution is 5.69. The van der Waals surface area contributed by atoms with Crippen molar-refractivity contribution in [1.29, 1.82) is 0 Å². The molecule has 1 fully saturated rings. The fraction of sp³-hybridized carbons (Fsp3) is 0.318. The molecule has 0 spiro atoms.